The second-order valence-corrected chi connectivity index (χ2v) is 5.66. The van der Waals surface area contributed by atoms with Crippen molar-refractivity contribution in [1.82, 2.24) is 14.7 Å². The highest BCUT2D eigenvalue weighted by molar-refractivity contribution is 5.92. The molecule has 2 heterocycles. The lowest BCUT2D eigenvalue weighted by atomic mass is 10.1. The van der Waals surface area contributed by atoms with E-state index in [9.17, 15) is 4.79 Å². The van der Waals surface area contributed by atoms with Gasteiger partial charge in [0, 0.05) is 18.3 Å². The quantitative estimate of drug-likeness (QED) is 0.938. The third kappa shape index (κ3) is 2.97. The number of aryl methyl sites for hydroxylation is 1. The minimum atomic E-state index is 0.0667. The zero-order chi connectivity index (χ0) is 14.8. The monoisotopic (exact) mass is 284 g/mol. The first-order chi connectivity index (χ1) is 10.1. The number of carbonyl (C=O) groups is 1. The Balaban J connectivity index is 1.74. The van der Waals surface area contributed by atoms with Gasteiger partial charge in [-0.25, -0.2) is 4.68 Å². The van der Waals surface area contributed by atoms with Crippen LogP contribution in [0.5, 0.6) is 0 Å². The van der Waals surface area contributed by atoms with Gasteiger partial charge in [-0.2, -0.15) is 0 Å². The Kier molecular flexibility index (Phi) is 3.75. The number of nitrogens with one attached hydrogen (secondary N) is 1. The summed E-state index contributed by atoms with van der Waals surface area (Å²) in [6, 6.07) is 11.8. The molecule has 2 aromatic rings. The number of nitrogens with zero attached hydrogens (tertiary/aromatic N) is 3. The van der Waals surface area contributed by atoms with Gasteiger partial charge in [0.1, 0.15) is 0 Å². The Morgan fingerprint density at radius 3 is 2.76 bits per heavy atom. The van der Waals surface area contributed by atoms with Crippen LogP contribution in [0.25, 0.3) is 5.69 Å². The summed E-state index contributed by atoms with van der Waals surface area (Å²) in [6.45, 7) is 3.79. The molecule has 1 aromatic heterocycles. The first-order valence-corrected chi connectivity index (χ1v) is 7.25. The van der Waals surface area contributed by atoms with Gasteiger partial charge in [0.05, 0.1) is 11.6 Å². The van der Waals surface area contributed by atoms with E-state index in [0.29, 0.717) is 5.82 Å². The minimum Gasteiger partial charge on any atom is -0.309 e. The lowest BCUT2D eigenvalue weighted by Crippen LogP contribution is -2.25. The molecule has 0 radical (unpaired) electrons. The number of hydrogen-bond donors (Lipinski definition) is 1. The molecule has 1 unspecified atom stereocenters. The van der Waals surface area contributed by atoms with Gasteiger partial charge in [0.2, 0.25) is 5.91 Å². The van der Waals surface area contributed by atoms with Crippen LogP contribution in [0.1, 0.15) is 12.1 Å². The fraction of sp³-hybridized carbons (Fsp3) is 0.375. The summed E-state index contributed by atoms with van der Waals surface area (Å²) in [5.74, 6) is 0.755. The molecule has 21 heavy (non-hydrogen) atoms. The molecule has 0 bridgehead atoms. The van der Waals surface area contributed by atoms with Gasteiger partial charge in [-0.1, -0.05) is 18.2 Å². The van der Waals surface area contributed by atoms with Crippen LogP contribution in [0.3, 0.4) is 0 Å². The fourth-order valence-corrected chi connectivity index (χ4v) is 2.74. The van der Waals surface area contributed by atoms with Crippen molar-refractivity contribution in [3.05, 3.63) is 42.1 Å². The highest BCUT2D eigenvalue weighted by Crippen LogP contribution is 2.18. The van der Waals surface area contributed by atoms with Crippen molar-refractivity contribution in [2.24, 2.45) is 5.92 Å². The molecule has 3 rings (SSSR count). The van der Waals surface area contributed by atoms with Gasteiger partial charge in [-0.05, 0) is 39.1 Å². The third-order valence-electron chi connectivity index (χ3n) is 3.90. The molecule has 1 amide bonds. The highest BCUT2D eigenvalue weighted by atomic mass is 16.2. The highest BCUT2D eigenvalue weighted by Gasteiger charge is 2.26. The van der Waals surface area contributed by atoms with Crippen molar-refractivity contribution < 1.29 is 4.79 Å². The molecule has 0 aliphatic carbocycles. The summed E-state index contributed by atoms with van der Waals surface area (Å²) in [5, 5.41) is 7.42. The normalized spacial score (nSPS) is 18.9. The van der Waals surface area contributed by atoms with Crippen molar-refractivity contribution in [2.75, 3.05) is 25.5 Å². The van der Waals surface area contributed by atoms with Gasteiger partial charge in [-0.3, -0.25) is 4.79 Å². The largest absolute Gasteiger partial charge is 0.309 e. The van der Waals surface area contributed by atoms with Gasteiger partial charge >= 0.3 is 0 Å². The molecule has 1 aromatic carbocycles. The molecular formula is C16H20N4O. The van der Waals surface area contributed by atoms with Gasteiger partial charge in [0.15, 0.2) is 5.82 Å². The number of likely N-dealkylation sites (tertiary alicyclic amines) is 1. The Morgan fingerprint density at radius 2 is 2.10 bits per heavy atom. The lowest BCUT2D eigenvalue weighted by Gasteiger charge is -2.09. The maximum absolute atomic E-state index is 12.2. The van der Waals surface area contributed by atoms with Crippen LogP contribution in [0, 0.1) is 12.8 Å². The van der Waals surface area contributed by atoms with Crippen LogP contribution in [0.4, 0.5) is 5.82 Å². The van der Waals surface area contributed by atoms with Crippen LogP contribution in [0.2, 0.25) is 0 Å². The summed E-state index contributed by atoms with van der Waals surface area (Å²) in [6.07, 6.45) is 0.917. The molecule has 1 N–H and O–H groups in total. The molecule has 5 heteroatoms. The molecule has 0 saturated carbocycles. The topological polar surface area (TPSA) is 50.2 Å². The molecular weight excluding hydrogens is 264 g/mol. The molecule has 1 saturated heterocycles. The minimum absolute atomic E-state index is 0.0667. The van der Waals surface area contributed by atoms with Crippen molar-refractivity contribution in [2.45, 2.75) is 13.3 Å². The molecule has 5 nitrogen and oxygen atoms in total. The first kappa shape index (κ1) is 13.8. The smallest absolute Gasteiger partial charge is 0.230 e. The van der Waals surface area contributed by atoms with E-state index in [1.807, 2.05) is 55.1 Å². The summed E-state index contributed by atoms with van der Waals surface area (Å²) >= 11 is 0. The second kappa shape index (κ2) is 5.69. The maximum Gasteiger partial charge on any atom is 0.230 e. The van der Waals surface area contributed by atoms with E-state index in [0.717, 1.165) is 30.9 Å². The van der Waals surface area contributed by atoms with Gasteiger partial charge < -0.3 is 10.2 Å². The number of anilines is 1. The van der Waals surface area contributed by atoms with E-state index in [2.05, 4.69) is 15.3 Å². The van der Waals surface area contributed by atoms with Crippen LogP contribution in [0.15, 0.2) is 36.4 Å². The van der Waals surface area contributed by atoms with Crippen LogP contribution >= 0.6 is 0 Å². The van der Waals surface area contributed by atoms with Gasteiger partial charge in [-0.15, -0.1) is 5.10 Å². The predicted molar refractivity (Wildman–Crippen MR) is 82.5 cm³/mol. The number of amides is 1. The van der Waals surface area contributed by atoms with Crippen molar-refractivity contribution in [3.8, 4) is 5.69 Å². The van der Waals surface area contributed by atoms with E-state index < -0.39 is 0 Å². The lowest BCUT2D eigenvalue weighted by molar-refractivity contribution is -0.119. The Labute approximate surface area is 124 Å². The predicted octanol–water partition coefficient (Wildman–Crippen LogP) is 2.07. The molecule has 1 atom stereocenters. The van der Waals surface area contributed by atoms with Gasteiger partial charge in [0.25, 0.3) is 0 Å². The van der Waals surface area contributed by atoms with Crippen LogP contribution < -0.4 is 5.32 Å². The molecule has 110 valence electrons. The maximum atomic E-state index is 12.2. The first-order valence-electron chi connectivity index (χ1n) is 7.25. The summed E-state index contributed by atoms with van der Waals surface area (Å²) in [5.41, 5.74) is 2.00. The second-order valence-electron chi connectivity index (χ2n) is 5.66. The number of carbonyl (C=O) groups excluding carboxylic acids is 1. The average molecular weight is 284 g/mol. The average Bonchev–Trinajstić information content (AvgIpc) is 3.06. The molecule has 1 aliphatic heterocycles. The van der Waals surface area contributed by atoms with E-state index >= 15 is 0 Å². The van der Waals surface area contributed by atoms with E-state index in [-0.39, 0.29) is 11.8 Å². The molecule has 0 spiro atoms. The SMILES string of the molecule is Cc1cc(NC(=O)C2CCN(C)C2)nn1-c1ccccc1. The van der Waals surface area contributed by atoms with Crippen molar-refractivity contribution in [1.29, 1.82) is 0 Å². The Hall–Kier alpha value is -2.14. The number of para-hydroxylation sites is 1. The summed E-state index contributed by atoms with van der Waals surface area (Å²) in [7, 11) is 2.04. The zero-order valence-corrected chi connectivity index (χ0v) is 12.4. The Bertz CT molecular complexity index is 635. The zero-order valence-electron chi connectivity index (χ0n) is 12.4. The van der Waals surface area contributed by atoms with E-state index in [4.69, 9.17) is 0 Å². The fourth-order valence-electron chi connectivity index (χ4n) is 2.74. The summed E-state index contributed by atoms with van der Waals surface area (Å²) < 4.78 is 1.84. The number of aromatic nitrogens is 2. The number of hydrogen-bond acceptors (Lipinski definition) is 3. The summed E-state index contributed by atoms with van der Waals surface area (Å²) in [4.78, 5) is 14.4. The molecule has 1 aliphatic rings. The third-order valence-corrected chi connectivity index (χ3v) is 3.90. The van der Waals surface area contributed by atoms with Crippen LogP contribution in [-0.4, -0.2) is 40.7 Å². The van der Waals surface area contributed by atoms with Crippen LogP contribution in [-0.2, 0) is 4.79 Å². The number of benzene rings is 1. The van der Waals surface area contributed by atoms with E-state index in [1.54, 1.807) is 0 Å². The van der Waals surface area contributed by atoms with Crippen molar-refractivity contribution >= 4 is 11.7 Å². The molecule has 1 fully saturated rings. The Morgan fingerprint density at radius 1 is 1.33 bits per heavy atom. The van der Waals surface area contributed by atoms with E-state index in [1.165, 1.54) is 0 Å². The number of rotatable bonds is 3. The standard InChI is InChI=1S/C16H20N4O/c1-12-10-15(17-16(21)13-8-9-19(2)11-13)18-20(12)14-6-4-3-5-7-14/h3-7,10,13H,8-9,11H2,1-2H3,(H,17,18,21). The van der Waals surface area contributed by atoms with Crippen molar-refractivity contribution in [3.63, 3.8) is 0 Å².